The number of carboxylic acids is 1. The molecule has 0 aliphatic heterocycles. The summed E-state index contributed by atoms with van der Waals surface area (Å²) in [6.45, 7) is 9.27. The maximum Gasteiger partial charge on any atom is 0.303 e. The number of fused-ring (bicyclic) bond motifs is 1. The summed E-state index contributed by atoms with van der Waals surface area (Å²) in [6, 6.07) is 0. The molecule has 0 aromatic heterocycles. The van der Waals surface area contributed by atoms with Gasteiger partial charge in [-0.1, -0.05) is 45.3 Å². The second kappa shape index (κ2) is 6.32. The van der Waals surface area contributed by atoms with E-state index in [2.05, 4.69) is 20.4 Å². The minimum Gasteiger partial charge on any atom is -0.481 e. The maximum absolute atomic E-state index is 10.6. The summed E-state index contributed by atoms with van der Waals surface area (Å²) < 4.78 is 0. The van der Waals surface area contributed by atoms with Gasteiger partial charge in [0, 0.05) is 6.42 Å². The van der Waals surface area contributed by atoms with Crippen molar-refractivity contribution in [3.05, 3.63) is 12.2 Å². The minimum absolute atomic E-state index is 0.315. The molecule has 2 rings (SSSR count). The summed E-state index contributed by atoms with van der Waals surface area (Å²) in [7, 11) is 0. The van der Waals surface area contributed by atoms with Crippen LogP contribution >= 0.6 is 0 Å². The predicted molar refractivity (Wildman–Crippen MR) is 82.6 cm³/mol. The van der Waals surface area contributed by atoms with E-state index in [0.717, 1.165) is 31.1 Å². The number of hydrogen-bond acceptors (Lipinski definition) is 1. The smallest absolute Gasteiger partial charge is 0.303 e. The third kappa shape index (κ3) is 3.10. The van der Waals surface area contributed by atoms with Gasteiger partial charge in [0.05, 0.1) is 0 Å². The highest BCUT2D eigenvalue weighted by Gasteiger charge is 2.48. The number of unbranched alkanes of at least 4 members (excludes halogenated alkanes) is 1. The predicted octanol–water partition coefficient (Wildman–Crippen LogP) is 5.04. The number of carbonyl (C=O) groups is 1. The Morgan fingerprint density at radius 2 is 2.15 bits per heavy atom. The quantitative estimate of drug-likeness (QED) is 0.565. The van der Waals surface area contributed by atoms with Crippen LogP contribution in [0.25, 0.3) is 0 Å². The standard InChI is InChI=1S/C18H30O2/c1-13-7-6-12-18(3)15(8-4-5-9-17(19)20)14(2)10-11-16(13)18/h13,15-16H,2,4-12H2,1,3H3,(H,19,20). The lowest BCUT2D eigenvalue weighted by Gasteiger charge is -2.54. The van der Waals surface area contributed by atoms with Crippen molar-refractivity contribution < 1.29 is 9.90 Å². The summed E-state index contributed by atoms with van der Waals surface area (Å²) in [5, 5.41) is 8.76. The maximum atomic E-state index is 10.6. The van der Waals surface area contributed by atoms with Crippen LogP contribution < -0.4 is 0 Å². The van der Waals surface area contributed by atoms with Crippen molar-refractivity contribution in [3.63, 3.8) is 0 Å². The molecule has 2 fully saturated rings. The Bertz CT molecular complexity index is 374. The average molecular weight is 278 g/mol. The van der Waals surface area contributed by atoms with Crippen molar-refractivity contribution in [2.75, 3.05) is 0 Å². The molecule has 0 aromatic rings. The third-order valence-corrected chi connectivity index (χ3v) is 6.11. The largest absolute Gasteiger partial charge is 0.481 e. The molecule has 1 N–H and O–H groups in total. The van der Waals surface area contributed by atoms with Gasteiger partial charge in [0.1, 0.15) is 0 Å². The van der Waals surface area contributed by atoms with E-state index in [9.17, 15) is 4.79 Å². The van der Waals surface area contributed by atoms with Crippen LogP contribution in [0, 0.1) is 23.2 Å². The van der Waals surface area contributed by atoms with Gasteiger partial charge in [0.25, 0.3) is 0 Å². The van der Waals surface area contributed by atoms with Crippen molar-refractivity contribution in [2.45, 2.75) is 71.6 Å². The first-order valence-electron chi connectivity index (χ1n) is 8.34. The molecule has 0 bridgehead atoms. The van der Waals surface area contributed by atoms with Crippen LogP contribution in [0.5, 0.6) is 0 Å². The Morgan fingerprint density at radius 1 is 1.40 bits per heavy atom. The van der Waals surface area contributed by atoms with Crippen LogP contribution in [0.3, 0.4) is 0 Å². The van der Waals surface area contributed by atoms with Crippen molar-refractivity contribution in [1.82, 2.24) is 0 Å². The van der Waals surface area contributed by atoms with Crippen LogP contribution in [0.1, 0.15) is 71.6 Å². The van der Waals surface area contributed by atoms with Crippen molar-refractivity contribution in [3.8, 4) is 0 Å². The van der Waals surface area contributed by atoms with Crippen LogP contribution in [0.15, 0.2) is 12.2 Å². The Morgan fingerprint density at radius 3 is 2.85 bits per heavy atom. The zero-order valence-electron chi connectivity index (χ0n) is 13.2. The molecule has 4 unspecified atom stereocenters. The Balaban J connectivity index is 2.00. The average Bonchev–Trinajstić information content (AvgIpc) is 2.36. The molecular formula is C18H30O2. The fraction of sp³-hybridized carbons (Fsp3) is 0.833. The second-order valence-corrected chi connectivity index (χ2v) is 7.37. The van der Waals surface area contributed by atoms with E-state index in [0.29, 0.717) is 17.8 Å². The van der Waals surface area contributed by atoms with Gasteiger partial charge < -0.3 is 5.11 Å². The summed E-state index contributed by atoms with van der Waals surface area (Å²) in [6.07, 6.45) is 9.90. The fourth-order valence-corrected chi connectivity index (χ4v) is 5.03. The first-order chi connectivity index (χ1) is 9.45. The second-order valence-electron chi connectivity index (χ2n) is 7.37. The molecule has 114 valence electrons. The third-order valence-electron chi connectivity index (χ3n) is 6.11. The SMILES string of the molecule is C=C1CCC2C(C)CCCC2(C)C1CCCCC(=O)O. The van der Waals surface area contributed by atoms with Crippen LogP contribution in [0.2, 0.25) is 0 Å². The highest BCUT2D eigenvalue weighted by atomic mass is 16.4. The first-order valence-corrected chi connectivity index (χ1v) is 8.34. The minimum atomic E-state index is -0.664. The molecule has 0 heterocycles. The zero-order chi connectivity index (χ0) is 14.8. The van der Waals surface area contributed by atoms with Gasteiger partial charge in [-0.25, -0.2) is 0 Å². The molecule has 0 amide bonds. The lowest BCUT2D eigenvalue weighted by atomic mass is 9.51. The number of carboxylic acid groups (broad SMARTS) is 1. The van der Waals surface area contributed by atoms with E-state index < -0.39 is 5.97 Å². The van der Waals surface area contributed by atoms with Crippen LogP contribution in [-0.4, -0.2) is 11.1 Å². The molecule has 20 heavy (non-hydrogen) atoms. The van der Waals surface area contributed by atoms with Gasteiger partial charge in [-0.05, 0) is 55.3 Å². The molecular weight excluding hydrogens is 248 g/mol. The molecule has 2 nitrogen and oxygen atoms in total. The van der Waals surface area contributed by atoms with Crippen molar-refractivity contribution in [1.29, 1.82) is 0 Å². The molecule has 0 radical (unpaired) electrons. The highest BCUT2D eigenvalue weighted by Crippen LogP contribution is 2.57. The van der Waals surface area contributed by atoms with E-state index in [-0.39, 0.29) is 0 Å². The van der Waals surface area contributed by atoms with Crippen molar-refractivity contribution in [2.24, 2.45) is 23.2 Å². The van der Waals surface area contributed by atoms with Gasteiger partial charge in [-0.2, -0.15) is 0 Å². The Labute approximate surface area is 123 Å². The number of allylic oxidation sites excluding steroid dienone is 1. The van der Waals surface area contributed by atoms with Gasteiger partial charge in [-0.3, -0.25) is 4.79 Å². The molecule has 0 aromatic carbocycles. The molecule has 2 aliphatic rings. The van der Waals surface area contributed by atoms with E-state index in [1.54, 1.807) is 0 Å². The lowest BCUT2D eigenvalue weighted by Crippen LogP contribution is -2.45. The highest BCUT2D eigenvalue weighted by molar-refractivity contribution is 5.66. The molecule has 4 atom stereocenters. The topological polar surface area (TPSA) is 37.3 Å². The summed E-state index contributed by atoms with van der Waals surface area (Å²) in [5.41, 5.74) is 1.86. The monoisotopic (exact) mass is 278 g/mol. The van der Waals surface area contributed by atoms with E-state index in [1.807, 2.05) is 0 Å². The molecule has 2 aliphatic carbocycles. The fourth-order valence-electron chi connectivity index (χ4n) is 5.03. The van der Waals surface area contributed by atoms with E-state index in [1.165, 1.54) is 37.7 Å². The zero-order valence-corrected chi connectivity index (χ0v) is 13.2. The van der Waals surface area contributed by atoms with Crippen molar-refractivity contribution >= 4 is 5.97 Å². The van der Waals surface area contributed by atoms with E-state index in [4.69, 9.17) is 5.11 Å². The summed E-state index contributed by atoms with van der Waals surface area (Å²) >= 11 is 0. The first kappa shape index (κ1) is 15.6. The van der Waals surface area contributed by atoms with Gasteiger partial charge >= 0.3 is 5.97 Å². The molecule has 0 saturated heterocycles. The molecule has 2 heteroatoms. The molecule has 2 saturated carbocycles. The Hall–Kier alpha value is -0.790. The summed E-state index contributed by atoms with van der Waals surface area (Å²) in [5.74, 6) is 1.66. The Kier molecular flexibility index (Phi) is 4.93. The van der Waals surface area contributed by atoms with E-state index >= 15 is 0 Å². The van der Waals surface area contributed by atoms with Gasteiger partial charge in [0.15, 0.2) is 0 Å². The van der Waals surface area contributed by atoms with Gasteiger partial charge in [0.2, 0.25) is 0 Å². The number of hydrogen-bond donors (Lipinski definition) is 1. The number of rotatable bonds is 5. The molecule has 0 spiro atoms. The summed E-state index contributed by atoms with van der Waals surface area (Å²) in [4.78, 5) is 10.6. The normalized spacial score (nSPS) is 37.5. The van der Waals surface area contributed by atoms with Crippen LogP contribution in [0.4, 0.5) is 0 Å². The number of aliphatic carboxylic acids is 1. The van der Waals surface area contributed by atoms with Crippen LogP contribution in [-0.2, 0) is 4.79 Å². The van der Waals surface area contributed by atoms with Gasteiger partial charge in [-0.15, -0.1) is 0 Å². The lowest BCUT2D eigenvalue weighted by molar-refractivity contribution is -0.137.